The van der Waals surface area contributed by atoms with Gasteiger partial charge in [0.25, 0.3) is 0 Å². The summed E-state index contributed by atoms with van der Waals surface area (Å²) in [5.74, 6) is -1.17. The first-order chi connectivity index (χ1) is 15.3. The van der Waals surface area contributed by atoms with E-state index < -0.39 is 12.1 Å². The molecule has 0 aromatic heterocycles. The lowest BCUT2D eigenvalue weighted by atomic mass is 9.91. The first-order valence-electron chi connectivity index (χ1n) is 11.1. The number of likely N-dealkylation sites (tertiary alicyclic amines) is 2. The quantitative estimate of drug-likeness (QED) is 0.747. The van der Waals surface area contributed by atoms with Crippen LogP contribution in [0.15, 0.2) is 24.3 Å². The van der Waals surface area contributed by atoms with Crippen molar-refractivity contribution in [2.45, 2.75) is 37.1 Å². The number of carbonyl (C=O) groups excluding carboxylic acids is 2. The van der Waals surface area contributed by atoms with Gasteiger partial charge >= 0.3 is 12.2 Å². The van der Waals surface area contributed by atoms with Gasteiger partial charge in [0.2, 0.25) is 5.91 Å². The smallest absolute Gasteiger partial charge is 0.371 e. The molecule has 0 spiro atoms. The van der Waals surface area contributed by atoms with Crippen LogP contribution in [0, 0.1) is 5.92 Å². The third-order valence-corrected chi connectivity index (χ3v) is 7.13. The number of piperidine rings is 1. The number of carbonyl (C=O) groups is 2. The molecular formula is C22H27F3N4O3. The first-order valence-corrected chi connectivity index (χ1v) is 11.1. The van der Waals surface area contributed by atoms with E-state index in [0.717, 1.165) is 11.3 Å². The van der Waals surface area contributed by atoms with Gasteiger partial charge in [0, 0.05) is 50.9 Å². The molecule has 7 nitrogen and oxygen atoms in total. The maximum Gasteiger partial charge on any atom is 0.393 e. The van der Waals surface area contributed by atoms with E-state index in [1.54, 1.807) is 14.7 Å². The van der Waals surface area contributed by atoms with E-state index in [9.17, 15) is 22.8 Å². The predicted molar refractivity (Wildman–Crippen MR) is 110 cm³/mol. The van der Waals surface area contributed by atoms with Crippen LogP contribution in [-0.2, 0) is 9.53 Å². The molecule has 3 atom stereocenters. The maximum atomic E-state index is 12.9. The van der Waals surface area contributed by atoms with Crippen molar-refractivity contribution < 1.29 is 27.5 Å². The van der Waals surface area contributed by atoms with Crippen molar-refractivity contribution in [3.63, 3.8) is 0 Å². The second-order valence-corrected chi connectivity index (χ2v) is 9.21. The Balaban J connectivity index is 1.12. The van der Waals surface area contributed by atoms with Gasteiger partial charge in [-0.05, 0) is 30.5 Å². The average Bonchev–Trinajstić information content (AvgIpc) is 3.23. The van der Waals surface area contributed by atoms with Gasteiger partial charge in [-0.25, -0.2) is 4.79 Å². The number of anilines is 1. The number of morpholine rings is 1. The molecule has 4 fully saturated rings. The number of amides is 3. The van der Waals surface area contributed by atoms with E-state index in [1.165, 1.54) is 0 Å². The minimum Gasteiger partial charge on any atom is -0.371 e. The summed E-state index contributed by atoms with van der Waals surface area (Å²) < 4.78 is 44.3. The number of hydrogen-bond donors (Lipinski definition) is 1. The fourth-order valence-electron chi connectivity index (χ4n) is 5.14. The van der Waals surface area contributed by atoms with E-state index in [-0.39, 0.29) is 49.6 Å². The van der Waals surface area contributed by atoms with Gasteiger partial charge in [-0.15, -0.1) is 0 Å². The molecule has 4 saturated heterocycles. The third kappa shape index (κ3) is 4.12. The Morgan fingerprint density at radius 3 is 2.44 bits per heavy atom. The highest BCUT2D eigenvalue weighted by Crippen LogP contribution is 2.36. The number of nitrogens with zero attached hydrogens (tertiary/aromatic N) is 3. The van der Waals surface area contributed by atoms with Crippen LogP contribution in [0.3, 0.4) is 0 Å². The van der Waals surface area contributed by atoms with E-state index in [4.69, 9.17) is 4.74 Å². The van der Waals surface area contributed by atoms with Crippen molar-refractivity contribution in [3.05, 3.63) is 29.8 Å². The summed E-state index contributed by atoms with van der Waals surface area (Å²) in [5.41, 5.74) is 1.91. The van der Waals surface area contributed by atoms with E-state index in [1.807, 2.05) is 24.3 Å². The Morgan fingerprint density at radius 1 is 1.00 bits per heavy atom. The van der Waals surface area contributed by atoms with Crippen molar-refractivity contribution >= 4 is 17.6 Å². The summed E-state index contributed by atoms with van der Waals surface area (Å²) in [5, 5.41) is 2.91. The van der Waals surface area contributed by atoms with Gasteiger partial charge in [-0.3, -0.25) is 4.79 Å². The summed E-state index contributed by atoms with van der Waals surface area (Å²) in [6.45, 7) is 2.82. The monoisotopic (exact) mass is 452 g/mol. The molecule has 4 aliphatic heterocycles. The van der Waals surface area contributed by atoms with Gasteiger partial charge in [0.15, 0.2) is 0 Å². The summed E-state index contributed by atoms with van der Waals surface area (Å²) in [4.78, 5) is 29.8. The van der Waals surface area contributed by atoms with Crippen LogP contribution in [0.25, 0.3) is 0 Å². The molecule has 1 N–H and O–H groups in total. The minimum absolute atomic E-state index is 0.0116. The van der Waals surface area contributed by atoms with Crippen LogP contribution >= 0.6 is 0 Å². The van der Waals surface area contributed by atoms with Gasteiger partial charge in [0.05, 0.1) is 18.1 Å². The molecule has 1 aromatic rings. The third-order valence-electron chi connectivity index (χ3n) is 7.13. The van der Waals surface area contributed by atoms with E-state index >= 15 is 0 Å². The molecule has 0 saturated carbocycles. The van der Waals surface area contributed by atoms with Crippen LogP contribution in [-0.4, -0.2) is 85.9 Å². The number of rotatable bonds is 2. The second-order valence-electron chi connectivity index (χ2n) is 9.21. The van der Waals surface area contributed by atoms with Gasteiger partial charge < -0.3 is 24.8 Å². The Morgan fingerprint density at radius 2 is 1.75 bits per heavy atom. The highest BCUT2D eigenvalue weighted by Gasteiger charge is 2.44. The van der Waals surface area contributed by atoms with Crippen molar-refractivity contribution in [3.8, 4) is 0 Å². The highest BCUT2D eigenvalue weighted by molar-refractivity contribution is 5.79. The Labute approximate surface area is 184 Å². The molecule has 1 aromatic carbocycles. The number of hydrogen-bond acceptors (Lipinski definition) is 4. The summed E-state index contributed by atoms with van der Waals surface area (Å²) in [7, 11) is 0. The topological polar surface area (TPSA) is 65.1 Å². The summed E-state index contributed by atoms with van der Waals surface area (Å²) in [6.07, 6.45) is -3.32. The fourth-order valence-corrected chi connectivity index (χ4v) is 5.14. The van der Waals surface area contributed by atoms with Crippen LogP contribution < -0.4 is 10.2 Å². The highest BCUT2D eigenvalue weighted by atomic mass is 19.4. The molecule has 32 heavy (non-hydrogen) atoms. The zero-order valence-corrected chi connectivity index (χ0v) is 17.7. The Bertz CT molecular complexity index is 872. The molecule has 4 heterocycles. The molecule has 0 aliphatic carbocycles. The van der Waals surface area contributed by atoms with Gasteiger partial charge in [-0.2, -0.15) is 13.2 Å². The number of nitrogens with one attached hydrogen (secondary N) is 1. The van der Waals surface area contributed by atoms with Gasteiger partial charge in [0.1, 0.15) is 6.61 Å². The molecular weight excluding hydrogens is 425 g/mol. The van der Waals surface area contributed by atoms with E-state index in [0.29, 0.717) is 39.1 Å². The lowest BCUT2D eigenvalue weighted by Gasteiger charge is -2.46. The number of ether oxygens (including phenoxy) is 1. The lowest BCUT2D eigenvalue weighted by molar-refractivity contribution is -0.168. The summed E-state index contributed by atoms with van der Waals surface area (Å²) >= 11 is 0. The Kier molecular flexibility index (Phi) is 5.43. The number of urea groups is 1. The largest absolute Gasteiger partial charge is 0.393 e. The second kappa shape index (κ2) is 8.13. The molecule has 5 rings (SSSR count). The van der Waals surface area contributed by atoms with Crippen molar-refractivity contribution in [1.29, 1.82) is 0 Å². The van der Waals surface area contributed by atoms with Crippen LogP contribution in [0.2, 0.25) is 0 Å². The van der Waals surface area contributed by atoms with Gasteiger partial charge in [-0.1, -0.05) is 12.1 Å². The van der Waals surface area contributed by atoms with Crippen LogP contribution in [0.1, 0.15) is 24.3 Å². The zero-order chi connectivity index (χ0) is 22.5. The predicted octanol–water partition coefficient (Wildman–Crippen LogP) is 2.18. The van der Waals surface area contributed by atoms with Crippen molar-refractivity contribution in [2.75, 3.05) is 50.8 Å². The average molecular weight is 452 g/mol. The summed E-state index contributed by atoms with van der Waals surface area (Å²) in [6, 6.07) is 7.52. The van der Waals surface area contributed by atoms with Crippen LogP contribution in [0.4, 0.5) is 23.7 Å². The molecule has 3 amide bonds. The number of halogens is 3. The molecule has 0 bridgehead atoms. The SMILES string of the molecule is O=C1COC2CCN(C(=O)N3CC(c4ccc(N5CC[C@H](C(F)(F)F)C5)cc4)C3)C[C@H]2N1. The molecule has 10 heteroatoms. The number of benzene rings is 1. The molecule has 174 valence electrons. The first kappa shape index (κ1) is 21.4. The van der Waals surface area contributed by atoms with Crippen LogP contribution in [0.5, 0.6) is 0 Å². The van der Waals surface area contributed by atoms with Crippen molar-refractivity contribution in [1.82, 2.24) is 15.1 Å². The molecule has 1 unspecified atom stereocenters. The number of alkyl halides is 3. The molecule has 0 radical (unpaired) electrons. The standard InChI is InChI=1S/C22H27F3N4O3/c23-22(24,25)16-5-7-27(11-16)17-3-1-14(2-4-17)15-9-29(10-15)21(31)28-8-6-19-18(12-28)26-20(30)13-32-19/h1-4,15-16,18-19H,5-13H2,(H,26,30)/t16-,18+,19?/m0/s1. The Hall–Kier alpha value is -2.49. The van der Waals surface area contributed by atoms with Crippen molar-refractivity contribution in [2.24, 2.45) is 5.92 Å². The minimum atomic E-state index is -4.14. The number of fused-ring (bicyclic) bond motifs is 1. The van der Waals surface area contributed by atoms with E-state index in [2.05, 4.69) is 5.32 Å². The maximum absolute atomic E-state index is 12.9. The molecule has 4 aliphatic rings. The normalized spacial score (nSPS) is 28.9. The fraction of sp³-hybridized carbons (Fsp3) is 0.636. The lowest BCUT2D eigenvalue weighted by Crippen LogP contribution is -2.63. The zero-order valence-electron chi connectivity index (χ0n) is 17.7.